The van der Waals surface area contributed by atoms with Crippen molar-refractivity contribution in [2.45, 2.75) is 33.3 Å². The highest BCUT2D eigenvalue weighted by Crippen LogP contribution is 2.34. The summed E-state index contributed by atoms with van der Waals surface area (Å²) in [6.07, 6.45) is 1.60. The first-order valence-electron chi connectivity index (χ1n) is 14.1. The van der Waals surface area contributed by atoms with Crippen molar-refractivity contribution in [2.24, 2.45) is 5.10 Å². The Balaban J connectivity index is 1.65. The highest BCUT2D eigenvalue weighted by atomic mass is 19.1. The van der Waals surface area contributed by atoms with Gasteiger partial charge in [-0.25, -0.2) is 9.37 Å². The summed E-state index contributed by atoms with van der Waals surface area (Å²) >= 11 is 0. The van der Waals surface area contributed by atoms with E-state index < -0.39 is 0 Å². The second kappa shape index (κ2) is 12.5. The van der Waals surface area contributed by atoms with E-state index in [1.54, 1.807) is 25.5 Å². The van der Waals surface area contributed by atoms with E-state index >= 15 is 0 Å². The molecule has 0 amide bonds. The normalized spacial score (nSPS) is 11.4. The quantitative estimate of drug-likeness (QED) is 0.174. The molecule has 7 nitrogen and oxygen atoms in total. The van der Waals surface area contributed by atoms with Gasteiger partial charge in [-0.2, -0.15) is 9.78 Å². The van der Waals surface area contributed by atoms with Crippen molar-refractivity contribution in [3.63, 3.8) is 0 Å². The van der Waals surface area contributed by atoms with Crippen molar-refractivity contribution < 1.29 is 13.9 Å². The summed E-state index contributed by atoms with van der Waals surface area (Å²) in [5, 5.41) is 5.16. The third-order valence-electron chi connectivity index (χ3n) is 7.30. The molecule has 0 saturated heterocycles. The number of hydrogen-bond donors (Lipinski definition) is 0. The minimum atomic E-state index is -0.324. The van der Waals surface area contributed by atoms with E-state index in [4.69, 9.17) is 19.6 Å². The summed E-state index contributed by atoms with van der Waals surface area (Å²) in [7, 11) is 5.54. The van der Waals surface area contributed by atoms with E-state index in [0.717, 1.165) is 28.1 Å². The molecule has 0 aliphatic heterocycles. The number of fused-ring (bicyclic) bond motifs is 1. The van der Waals surface area contributed by atoms with Crippen molar-refractivity contribution in [1.82, 2.24) is 9.66 Å². The number of methoxy groups -OCH3 is 1. The first kappa shape index (κ1) is 29.5. The molecule has 0 atom stereocenters. The lowest BCUT2D eigenvalue weighted by molar-refractivity contribution is 0.305. The smallest absolute Gasteiger partial charge is 0.282 e. The van der Waals surface area contributed by atoms with E-state index in [1.807, 2.05) is 80.5 Å². The molecule has 43 heavy (non-hydrogen) atoms. The number of benzene rings is 4. The van der Waals surface area contributed by atoms with Gasteiger partial charge in [0.25, 0.3) is 5.56 Å². The van der Waals surface area contributed by atoms with Crippen LogP contribution in [0.1, 0.15) is 42.0 Å². The molecule has 5 aromatic rings. The van der Waals surface area contributed by atoms with E-state index in [9.17, 15) is 9.18 Å². The molecule has 220 valence electrons. The van der Waals surface area contributed by atoms with Gasteiger partial charge in [-0.05, 0) is 78.1 Å². The van der Waals surface area contributed by atoms with Gasteiger partial charge in [-0.3, -0.25) is 4.79 Å². The summed E-state index contributed by atoms with van der Waals surface area (Å²) in [6.45, 7) is 6.33. The van der Waals surface area contributed by atoms with Gasteiger partial charge in [0, 0.05) is 37.0 Å². The maximum atomic E-state index is 13.9. The van der Waals surface area contributed by atoms with E-state index in [-0.39, 0.29) is 23.9 Å². The highest BCUT2D eigenvalue weighted by Gasteiger charge is 2.18. The number of aryl methyl sites for hydroxylation is 1. The van der Waals surface area contributed by atoms with Crippen molar-refractivity contribution in [3.05, 3.63) is 117 Å². The number of hydrogen-bond acceptors (Lipinski definition) is 6. The number of para-hydroxylation sites is 1. The molecule has 0 fully saturated rings. The highest BCUT2D eigenvalue weighted by molar-refractivity contribution is 5.85. The Morgan fingerprint density at radius 2 is 1.79 bits per heavy atom. The maximum Gasteiger partial charge on any atom is 0.282 e. The molecule has 0 aliphatic rings. The van der Waals surface area contributed by atoms with Gasteiger partial charge in [0.15, 0.2) is 5.82 Å². The Morgan fingerprint density at radius 3 is 2.51 bits per heavy atom. The summed E-state index contributed by atoms with van der Waals surface area (Å²) < 4.78 is 26.9. The predicted octanol–water partition coefficient (Wildman–Crippen LogP) is 7.17. The van der Waals surface area contributed by atoms with Crippen LogP contribution in [0.5, 0.6) is 11.5 Å². The zero-order valence-electron chi connectivity index (χ0n) is 25.3. The fourth-order valence-electron chi connectivity index (χ4n) is 4.91. The molecule has 5 rings (SSSR count). The minimum Gasteiger partial charge on any atom is -0.496 e. The zero-order valence-corrected chi connectivity index (χ0v) is 25.3. The van der Waals surface area contributed by atoms with Gasteiger partial charge in [0.05, 0.1) is 24.2 Å². The monoisotopic (exact) mass is 578 g/mol. The maximum absolute atomic E-state index is 13.9. The van der Waals surface area contributed by atoms with Crippen LogP contribution in [0.3, 0.4) is 0 Å². The van der Waals surface area contributed by atoms with Gasteiger partial charge in [-0.15, -0.1) is 0 Å². The van der Waals surface area contributed by atoms with Crippen LogP contribution >= 0.6 is 0 Å². The van der Waals surface area contributed by atoms with Crippen LogP contribution in [0, 0.1) is 12.7 Å². The van der Waals surface area contributed by atoms with Crippen LogP contribution in [-0.2, 0) is 6.61 Å². The zero-order chi connectivity index (χ0) is 30.7. The Morgan fingerprint density at radius 1 is 1.00 bits per heavy atom. The van der Waals surface area contributed by atoms with Crippen molar-refractivity contribution in [1.29, 1.82) is 0 Å². The van der Waals surface area contributed by atoms with Gasteiger partial charge in [0.1, 0.15) is 23.9 Å². The third-order valence-corrected chi connectivity index (χ3v) is 7.30. The number of nitrogens with zero attached hydrogens (tertiary/aromatic N) is 4. The Hall–Kier alpha value is -4.98. The van der Waals surface area contributed by atoms with Crippen LogP contribution in [0.2, 0.25) is 0 Å². The lowest BCUT2D eigenvalue weighted by atomic mass is 9.96. The van der Waals surface area contributed by atoms with Gasteiger partial charge < -0.3 is 14.4 Å². The first-order chi connectivity index (χ1) is 20.7. The Labute approximate surface area is 250 Å². The van der Waals surface area contributed by atoms with Crippen molar-refractivity contribution in [3.8, 4) is 22.9 Å². The fourth-order valence-corrected chi connectivity index (χ4v) is 4.91. The molecule has 0 radical (unpaired) electrons. The minimum absolute atomic E-state index is 0.168. The first-order valence-corrected chi connectivity index (χ1v) is 14.1. The number of halogens is 1. The lowest BCUT2D eigenvalue weighted by Gasteiger charge is -2.18. The molecule has 0 spiro atoms. The molecular weight excluding hydrogens is 543 g/mol. The number of rotatable bonds is 9. The number of aromatic nitrogens is 2. The fraction of sp³-hybridized carbons (Fsp3) is 0.229. The predicted molar refractivity (Wildman–Crippen MR) is 171 cm³/mol. The lowest BCUT2D eigenvalue weighted by Crippen LogP contribution is -2.21. The summed E-state index contributed by atoms with van der Waals surface area (Å²) in [5.74, 6) is 1.62. The third kappa shape index (κ3) is 6.28. The molecule has 8 heteroatoms. The second-order valence-corrected chi connectivity index (χ2v) is 10.9. The molecule has 0 N–H and O–H groups in total. The molecule has 1 aromatic heterocycles. The van der Waals surface area contributed by atoms with Gasteiger partial charge >= 0.3 is 0 Å². The summed E-state index contributed by atoms with van der Waals surface area (Å²) in [6, 6.07) is 23.3. The van der Waals surface area contributed by atoms with Crippen LogP contribution in [0.25, 0.3) is 22.3 Å². The molecule has 4 aromatic carbocycles. The van der Waals surface area contributed by atoms with Crippen molar-refractivity contribution >= 4 is 22.8 Å². The van der Waals surface area contributed by atoms with E-state index in [1.165, 1.54) is 16.8 Å². The van der Waals surface area contributed by atoms with Crippen LogP contribution in [-0.4, -0.2) is 37.1 Å². The Kier molecular flexibility index (Phi) is 8.57. The average molecular weight is 579 g/mol. The number of ether oxygens (including phenoxy) is 2. The SMILES string of the molecule is COc1cc(C)c(-c2nc3ccccc3c(=O)n2N=Cc2ccc(N(C)C)cc2OCc2cccc(F)c2)cc1C(C)C. The van der Waals surface area contributed by atoms with Gasteiger partial charge in [-0.1, -0.05) is 38.1 Å². The molecule has 1 heterocycles. The number of anilines is 1. The standard InChI is InChI=1S/C35H35FN4O3/c1-22(2)29-19-30(23(3)16-33(29)42-6)34-38-31-13-8-7-12-28(31)35(41)40(34)37-20-25-14-15-27(39(4)5)18-32(25)43-21-24-10-9-11-26(36)17-24/h7-20,22H,21H2,1-6H3. The van der Waals surface area contributed by atoms with E-state index in [0.29, 0.717) is 33.6 Å². The topological polar surface area (TPSA) is 69.0 Å². The largest absolute Gasteiger partial charge is 0.496 e. The molecule has 0 unspecified atom stereocenters. The van der Waals surface area contributed by atoms with Crippen LogP contribution in [0.15, 0.2) is 88.8 Å². The van der Waals surface area contributed by atoms with Crippen molar-refractivity contribution in [2.75, 3.05) is 26.1 Å². The van der Waals surface area contributed by atoms with E-state index in [2.05, 4.69) is 13.8 Å². The second-order valence-electron chi connectivity index (χ2n) is 10.9. The summed E-state index contributed by atoms with van der Waals surface area (Å²) in [4.78, 5) is 20.8. The van der Waals surface area contributed by atoms with Crippen LogP contribution < -0.4 is 19.9 Å². The average Bonchev–Trinajstić information content (AvgIpc) is 2.99. The molecule has 0 saturated carbocycles. The Bertz CT molecular complexity index is 1880. The molecular formula is C35H35FN4O3. The molecule has 0 bridgehead atoms. The summed E-state index contributed by atoms with van der Waals surface area (Å²) in [5.41, 5.74) is 5.28. The molecule has 0 aliphatic carbocycles. The van der Waals surface area contributed by atoms with Crippen LogP contribution in [0.4, 0.5) is 10.1 Å². The van der Waals surface area contributed by atoms with Gasteiger partial charge in [0.2, 0.25) is 0 Å².